The number of hydrogen-bond acceptors (Lipinski definition) is 7. The Kier molecular flexibility index (Phi) is 4.46. The van der Waals surface area contributed by atoms with Gasteiger partial charge in [0.15, 0.2) is 0 Å². The minimum Gasteiger partial charge on any atom is -0.467 e. The fourth-order valence-electron chi connectivity index (χ4n) is 2.20. The fourth-order valence-corrected chi connectivity index (χ4v) is 3.03. The van der Waals surface area contributed by atoms with Crippen LogP contribution in [0.4, 0.5) is 11.9 Å². The highest BCUT2D eigenvalue weighted by Gasteiger charge is 2.22. The largest absolute Gasteiger partial charge is 0.467 e. The third kappa shape index (κ3) is 3.38. The van der Waals surface area contributed by atoms with Crippen molar-refractivity contribution in [2.24, 2.45) is 0 Å². The Morgan fingerprint density at radius 3 is 2.89 bits per heavy atom. The van der Waals surface area contributed by atoms with Crippen molar-refractivity contribution in [2.75, 3.05) is 24.4 Å². The molecule has 0 radical (unpaired) electrons. The molecule has 2 atom stereocenters. The van der Waals surface area contributed by atoms with Crippen molar-refractivity contribution in [1.29, 1.82) is 0 Å². The van der Waals surface area contributed by atoms with Crippen LogP contribution < -0.4 is 15.8 Å². The van der Waals surface area contributed by atoms with Crippen molar-refractivity contribution >= 4 is 23.7 Å². The Bertz CT molecular complexity index is 403. The second-order valence-corrected chi connectivity index (χ2v) is 5.51. The van der Waals surface area contributed by atoms with E-state index >= 15 is 0 Å². The minimum absolute atomic E-state index is 0.182. The summed E-state index contributed by atoms with van der Waals surface area (Å²) in [5.41, 5.74) is 5.61. The number of ether oxygens (including phenoxy) is 1. The van der Waals surface area contributed by atoms with Crippen molar-refractivity contribution in [2.45, 2.75) is 37.0 Å². The molecule has 1 aromatic heterocycles. The lowest BCUT2D eigenvalue weighted by Gasteiger charge is -2.28. The Morgan fingerprint density at radius 2 is 2.17 bits per heavy atom. The number of aromatic nitrogens is 3. The first-order valence-electron chi connectivity index (χ1n) is 6.06. The van der Waals surface area contributed by atoms with Gasteiger partial charge in [0, 0.05) is 11.3 Å². The van der Waals surface area contributed by atoms with Crippen LogP contribution in [0.2, 0.25) is 0 Å². The smallest absolute Gasteiger partial charge is 0.322 e. The number of rotatable bonds is 4. The average Bonchev–Trinajstić information content (AvgIpc) is 2.38. The number of anilines is 2. The van der Waals surface area contributed by atoms with Gasteiger partial charge in [-0.3, -0.25) is 0 Å². The van der Waals surface area contributed by atoms with Gasteiger partial charge in [-0.2, -0.15) is 26.7 Å². The van der Waals surface area contributed by atoms with E-state index in [-0.39, 0.29) is 12.0 Å². The van der Waals surface area contributed by atoms with E-state index in [0.29, 0.717) is 12.0 Å². The Morgan fingerprint density at radius 1 is 1.33 bits per heavy atom. The number of methoxy groups -OCH3 is 1. The molecule has 1 fully saturated rings. The normalized spacial score (nSPS) is 23.7. The summed E-state index contributed by atoms with van der Waals surface area (Å²) >= 11 is 1.93. The molecule has 6 nitrogen and oxygen atoms in total. The molecule has 3 N–H and O–H groups in total. The van der Waals surface area contributed by atoms with E-state index in [1.165, 1.54) is 20.0 Å². The molecule has 0 amide bonds. The van der Waals surface area contributed by atoms with Gasteiger partial charge in [-0.25, -0.2) is 0 Å². The molecule has 0 bridgehead atoms. The lowest BCUT2D eigenvalue weighted by Crippen LogP contribution is -2.29. The maximum absolute atomic E-state index is 5.61. The SMILES string of the molecule is COc1nc(N)nc(NC2CCCC(SC)C2)n1. The van der Waals surface area contributed by atoms with Crippen LogP contribution in [0.25, 0.3) is 0 Å². The quantitative estimate of drug-likeness (QED) is 0.857. The predicted molar refractivity (Wildman–Crippen MR) is 74.0 cm³/mol. The standard InChI is InChI=1S/C11H19N5OS/c1-17-11-15-9(12)14-10(16-11)13-7-4-3-5-8(6-7)18-2/h7-8H,3-6H2,1-2H3,(H3,12,13,14,15,16). The third-order valence-corrected chi connectivity index (χ3v) is 4.20. The van der Waals surface area contributed by atoms with E-state index in [1.807, 2.05) is 11.8 Å². The molecule has 1 aliphatic rings. The van der Waals surface area contributed by atoms with Gasteiger partial charge >= 0.3 is 6.01 Å². The first-order chi connectivity index (χ1) is 8.71. The average molecular weight is 269 g/mol. The van der Waals surface area contributed by atoms with Crippen molar-refractivity contribution in [3.05, 3.63) is 0 Å². The first-order valence-corrected chi connectivity index (χ1v) is 7.35. The van der Waals surface area contributed by atoms with Crippen molar-refractivity contribution in [3.8, 4) is 6.01 Å². The molecule has 1 heterocycles. The maximum Gasteiger partial charge on any atom is 0.322 e. The number of thioether (sulfide) groups is 1. The van der Waals surface area contributed by atoms with Crippen LogP contribution in [0.3, 0.4) is 0 Å². The molecule has 18 heavy (non-hydrogen) atoms. The number of nitrogen functional groups attached to an aromatic ring is 1. The highest BCUT2D eigenvalue weighted by Crippen LogP contribution is 2.28. The third-order valence-electron chi connectivity index (χ3n) is 3.11. The highest BCUT2D eigenvalue weighted by molar-refractivity contribution is 7.99. The van der Waals surface area contributed by atoms with Crippen LogP contribution in [0, 0.1) is 0 Å². The first kappa shape index (κ1) is 13.2. The van der Waals surface area contributed by atoms with Crippen molar-refractivity contribution in [1.82, 2.24) is 15.0 Å². The van der Waals surface area contributed by atoms with Gasteiger partial charge in [-0.05, 0) is 25.5 Å². The van der Waals surface area contributed by atoms with Crippen LogP contribution in [0.1, 0.15) is 25.7 Å². The highest BCUT2D eigenvalue weighted by atomic mass is 32.2. The minimum atomic E-state index is 0.182. The molecule has 2 unspecified atom stereocenters. The van der Waals surface area contributed by atoms with Crippen LogP contribution in [0.5, 0.6) is 6.01 Å². The predicted octanol–water partition coefficient (Wildman–Crippen LogP) is 1.55. The molecule has 1 saturated carbocycles. The summed E-state index contributed by atoms with van der Waals surface area (Å²) < 4.78 is 4.98. The summed E-state index contributed by atoms with van der Waals surface area (Å²) in [6.45, 7) is 0. The van der Waals surface area contributed by atoms with Gasteiger partial charge in [0.1, 0.15) is 0 Å². The second kappa shape index (κ2) is 6.08. The molecule has 2 rings (SSSR count). The molecule has 0 aliphatic heterocycles. The van der Waals surface area contributed by atoms with E-state index in [9.17, 15) is 0 Å². The molecule has 7 heteroatoms. The van der Waals surface area contributed by atoms with E-state index in [4.69, 9.17) is 10.5 Å². The molecule has 1 aliphatic carbocycles. The number of nitrogens with two attached hydrogens (primary N) is 1. The lowest BCUT2D eigenvalue weighted by atomic mass is 9.95. The molecular formula is C11H19N5OS. The van der Waals surface area contributed by atoms with E-state index in [1.54, 1.807) is 0 Å². The number of hydrogen-bond donors (Lipinski definition) is 2. The summed E-state index contributed by atoms with van der Waals surface area (Å²) in [4.78, 5) is 12.1. The summed E-state index contributed by atoms with van der Waals surface area (Å²) in [6, 6.07) is 0.657. The zero-order chi connectivity index (χ0) is 13.0. The fraction of sp³-hybridized carbons (Fsp3) is 0.727. The lowest BCUT2D eigenvalue weighted by molar-refractivity contribution is 0.379. The van der Waals surface area contributed by atoms with E-state index in [2.05, 4.69) is 26.5 Å². The summed E-state index contributed by atoms with van der Waals surface area (Å²) in [5, 5.41) is 4.04. The second-order valence-electron chi connectivity index (χ2n) is 4.37. The topological polar surface area (TPSA) is 86.0 Å². The molecule has 1 aromatic rings. The number of nitrogens with zero attached hydrogens (tertiary/aromatic N) is 3. The van der Waals surface area contributed by atoms with Gasteiger partial charge in [0.25, 0.3) is 0 Å². The Balaban J connectivity index is 2.02. The van der Waals surface area contributed by atoms with Gasteiger partial charge in [-0.1, -0.05) is 6.42 Å². The zero-order valence-corrected chi connectivity index (χ0v) is 11.5. The van der Waals surface area contributed by atoms with Gasteiger partial charge in [-0.15, -0.1) is 0 Å². The van der Waals surface area contributed by atoms with Crippen molar-refractivity contribution in [3.63, 3.8) is 0 Å². The number of nitrogens with one attached hydrogen (secondary N) is 1. The Hall–Kier alpha value is -1.24. The molecule has 0 spiro atoms. The summed E-state index contributed by atoms with van der Waals surface area (Å²) in [5.74, 6) is 0.688. The van der Waals surface area contributed by atoms with Gasteiger partial charge in [0.2, 0.25) is 11.9 Å². The van der Waals surface area contributed by atoms with E-state index < -0.39 is 0 Å². The van der Waals surface area contributed by atoms with E-state index in [0.717, 1.165) is 18.1 Å². The monoisotopic (exact) mass is 269 g/mol. The van der Waals surface area contributed by atoms with Gasteiger partial charge < -0.3 is 15.8 Å². The van der Waals surface area contributed by atoms with Crippen molar-refractivity contribution < 1.29 is 4.74 Å². The maximum atomic E-state index is 5.61. The summed E-state index contributed by atoms with van der Waals surface area (Å²) in [6.07, 6.45) is 6.97. The molecule has 0 saturated heterocycles. The molecular weight excluding hydrogens is 250 g/mol. The Labute approximate surface area is 111 Å². The zero-order valence-electron chi connectivity index (χ0n) is 10.7. The van der Waals surface area contributed by atoms with Crippen LogP contribution in [-0.4, -0.2) is 39.6 Å². The molecule has 0 aromatic carbocycles. The van der Waals surface area contributed by atoms with Gasteiger partial charge in [0.05, 0.1) is 7.11 Å². The van der Waals surface area contributed by atoms with Crippen LogP contribution in [0.15, 0.2) is 0 Å². The van der Waals surface area contributed by atoms with Crippen LogP contribution in [-0.2, 0) is 0 Å². The summed E-state index contributed by atoms with van der Waals surface area (Å²) in [7, 11) is 1.52. The molecule has 100 valence electrons. The van der Waals surface area contributed by atoms with Crippen LogP contribution >= 0.6 is 11.8 Å².